The lowest BCUT2D eigenvalue weighted by Crippen LogP contribution is -2.30. The highest BCUT2D eigenvalue weighted by atomic mass is 32.2. The van der Waals surface area contributed by atoms with Crippen molar-refractivity contribution >= 4 is 15.7 Å². The second-order valence-electron chi connectivity index (χ2n) is 5.56. The number of rotatable bonds is 7. The van der Waals surface area contributed by atoms with Gasteiger partial charge in [-0.1, -0.05) is 0 Å². The molecule has 1 aromatic rings. The molecule has 0 aliphatic carbocycles. The highest BCUT2D eigenvalue weighted by Gasteiger charge is 2.15. The molecule has 4 N–H and O–H groups in total. The molecule has 0 saturated carbocycles. The molecule has 6 heteroatoms. The molecule has 5 nitrogen and oxygen atoms in total. The first kappa shape index (κ1) is 16.9. The quantitative estimate of drug-likeness (QED) is 0.718. The summed E-state index contributed by atoms with van der Waals surface area (Å²) in [6.07, 6.45) is 0.856. The molecule has 0 fully saturated rings. The lowest BCUT2D eigenvalue weighted by molar-refractivity contribution is 0.570. The van der Waals surface area contributed by atoms with Crippen molar-refractivity contribution in [3.63, 3.8) is 0 Å². The van der Waals surface area contributed by atoms with Crippen LogP contribution in [0.5, 0.6) is 0 Å². The molecule has 2 atom stereocenters. The third-order valence-electron chi connectivity index (χ3n) is 2.69. The highest BCUT2D eigenvalue weighted by Crippen LogP contribution is 2.16. The summed E-state index contributed by atoms with van der Waals surface area (Å²) in [7, 11) is -3.42. The van der Waals surface area contributed by atoms with Crippen molar-refractivity contribution in [3.8, 4) is 0 Å². The molecule has 0 radical (unpaired) electrons. The molecule has 0 bridgehead atoms. The van der Waals surface area contributed by atoms with Crippen molar-refractivity contribution in [2.75, 3.05) is 5.32 Å². The van der Waals surface area contributed by atoms with E-state index in [4.69, 9.17) is 5.73 Å². The van der Waals surface area contributed by atoms with Crippen LogP contribution in [-0.4, -0.2) is 26.5 Å². The van der Waals surface area contributed by atoms with Crippen LogP contribution in [0.1, 0.15) is 34.1 Å². The number of nitrogens with two attached hydrogens (primary N) is 1. The summed E-state index contributed by atoms with van der Waals surface area (Å²) < 4.78 is 26.5. The molecule has 0 aliphatic rings. The minimum atomic E-state index is -3.42. The zero-order valence-corrected chi connectivity index (χ0v) is 13.4. The number of nitrogens with one attached hydrogen (secondary N) is 2. The van der Waals surface area contributed by atoms with Crippen molar-refractivity contribution in [1.82, 2.24) is 4.72 Å². The maximum Gasteiger partial charge on any atom is 0.240 e. The van der Waals surface area contributed by atoms with E-state index in [-0.39, 0.29) is 23.0 Å². The topological polar surface area (TPSA) is 84.2 Å². The van der Waals surface area contributed by atoms with Gasteiger partial charge in [0.1, 0.15) is 0 Å². The van der Waals surface area contributed by atoms with Crippen LogP contribution in [-0.2, 0) is 10.0 Å². The van der Waals surface area contributed by atoms with Gasteiger partial charge in [-0.3, -0.25) is 0 Å². The van der Waals surface area contributed by atoms with Crippen molar-refractivity contribution in [3.05, 3.63) is 24.3 Å². The second-order valence-corrected chi connectivity index (χ2v) is 7.27. The molecule has 20 heavy (non-hydrogen) atoms. The van der Waals surface area contributed by atoms with Crippen molar-refractivity contribution in [1.29, 1.82) is 0 Å². The normalized spacial score (nSPS) is 15.1. The molecule has 1 aromatic carbocycles. The molecule has 0 aromatic heterocycles. The average molecular weight is 299 g/mol. The Labute approximate surface area is 122 Å². The molecule has 0 aliphatic heterocycles. The van der Waals surface area contributed by atoms with Crippen LogP contribution in [0, 0.1) is 0 Å². The summed E-state index contributed by atoms with van der Waals surface area (Å²) in [5.74, 6) is 0. The van der Waals surface area contributed by atoms with Crippen LogP contribution in [0.2, 0.25) is 0 Å². The Bertz CT molecular complexity index is 510. The Morgan fingerprint density at radius 2 is 1.65 bits per heavy atom. The fourth-order valence-corrected chi connectivity index (χ4v) is 3.26. The van der Waals surface area contributed by atoms with Gasteiger partial charge in [-0.25, -0.2) is 13.1 Å². The van der Waals surface area contributed by atoms with Gasteiger partial charge >= 0.3 is 0 Å². The Balaban J connectivity index is 2.74. The van der Waals surface area contributed by atoms with Crippen molar-refractivity contribution in [2.24, 2.45) is 5.73 Å². The molecule has 114 valence electrons. The van der Waals surface area contributed by atoms with Crippen LogP contribution in [0.3, 0.4) is 0 Å². The summed E-state index contributed by atoms with van der Waals surface area (Å²) in [6.45, 7) is 7.60. The maximum absolute atomic E-state index is 12.0. The summed E-state index contributed by atoms with van der Waals surface area (Å²) in [6, 6.07) is 7.00. The Hall–Kier alpha value is -1.11. The van der Waals surface area contributed by atoms with Gasteiger partial charge in [0.15, 0.2) is 0 Å². The van der Waals surface area contributed by atoms with Crippen LogP contribution >= 0.6 is 0 Å². The van der Waals surface area contributed by atoms with E-state index >= 15 is 0 Å². The van der Waals surface area contributed by atoms with Crippen LogP contribution in [0.15, 0.2) is 29.2 Å². The lowest BCUT2D eigenvalue weighted by atomic mass is 10.1. The average Bonchev–Trinajstić information content (AvgIpc) is 2.26. The van der Waals surface area contributed by atoms with Gasteiger partial charge in [0.2, 0.25) is 10.0 Å². The van der Waals surface area contributed by atoms with Crippen LogP contribution in [0.25, 0.3) is 0 Å². The minimum Gasteiger partial charge on any atom is -0.383 e. The summed E-state index contributed by atoms with van der Waals surface area (Å²) in [5.41, 5.74) is 6.64. The van der Waals surface area contributed by atoms with Gasteiger partial charge < -0.3 is 11.1 Å². The van der Waals surface area contributed by atoms with E-state index in [1.165, 1.54) is 0 Å². The monoisotopic (exact) mass is 299 g/mol. The van der Waals surface area contributed by atoms with E-state index < -0.39 is 10.0 Å². The number of hydrogen-bond donors (Lipinski definition) is 3. The van der Waals surface area contributed by atoms with Crippen molar-refractivity contribution in [2.45, 2.75) is 57.1 Å². The number of hydrogen-bond acceptors (Lipinski definition) is 4. The number of sulfonamides is 1. The number of benzene rings is 1. The SMILES string of the molecule is CC(N)CC(C)Nc1ccc(S(=O)(=O)NC(C)C)cc1. The molecule has 0 amide bonds. The van der Waals surface area contributed by atoms with Gasteiger partial charge in [-0.15, -0.1) is 0 Å². The summed E-state index contributed by atoms with van der Waals surface area (Å²) in [5, 5.41) is 3.30. The fourth-order valence-electron chi connectivity index (χ4n) is 2.01. The van der Waals surface area contributed by atoms with E-state index in [1.54, 1.807) is 38.1 Å². The number of anilines is 1. The maximum atomic E-state index is 12.0. The highest BCUT2D eigenvalue weighted by molar-refractivity contribution is 7.89. The third-order valence-corrected chi connectivity index (χ3v) is 4.37. The first-order valence-electron chi connectivity index (χ1n) is 6.85. The molecule has 1 rings (SSSR count). The zero-order chi connectivity index (χ0) is 15.3. The van der Waals surface area contributed by atoms with Gasteiger partial charge in [0, 0.05) is 23.8 Å². The molecular formula is C14H25N3O2S. The van der Waals surface area contributed by atoms with E-state index in [0.717, 1.165) is 12.1 Å². The fraction of sp³-hybridized carbons (Fsp3) is 0.571. The predicted octanol–water partition coefficient (Wildman–Crippen LogP) is 1.91. The lowest BCUT2D eigenvalue weighted by Gasteiger charge is -2.17. The Kier molecular flexibility index (Phi) is 5.98. The Morgan fingerprint density at radius 1 is 1.10 bits per heavy atom. The Morgan fingerprint density at radius 3 is 2.10 bits per heavy atom. The first-order chi connectivity index (χ1) is 9.20. The van der Waals surface area contributed by atoms with Crippen LogP contribution in [0.4, 0.5) is 5.69 Å². The molecule has 2 unspecified atom stereocenters. The summed E-state index contributed by atoms with van der Waals surface area (Å²) in [4.78, 5) is 0.275. The predicted molar refractivity (Wildman–Crippen MR) is 83.3 cm³/mol. The van der Waals surface area contributed by atoms with Crippen LogP contribution < -0.4 is 15.8 Å². The smallest absolute Gasteiger partial charge is 0.240 e. The van der Waals surface area contributed by atoms with E-state index in [1.807, 2.05) is 13.8 Å². The second kappa shape index (κ2) is 7.06. The largest absolute Gasteiger partial charge is 0.383 e. The third kappa shape index (κ3) is 5.48. The standard InChI is InChI=1S/C14H25N3O2S/c1-10(2)17-20(18,19)14-7-5-13(6-8-14)16-12(4)9-11(3)15/h5-8,10-12,16-17H,9,15H2,1-4H3. The molecule has 0 spiro atoms. The van der Waals surface area contributed by atoms with Gasteiger partial charge in [-0.2, -0.15) is 0 Å². The minimum absolute atomic E-state index is 0.121. The molecule has 0 heterocycles. The van der Waals surface area contributed by atoms with Crippen molar-refractivity contribution < 1.29 is 8.42 Å². The van der Waals surface area contributed by atoms with Gasteiger partial charge in [-0.05, 0) is 58.4 Å². The van der Waals surface area contributed by atoms with E-state index in [9.17, 15) is 8.42 Å². The molecular weight excluding hydrogens is 274 g/mol. The van der Waals surface area contributed by atoms with Gasteiger partial charge in [0.05, 0.1) is 4.90 Å². The van der Waals surface area contributed by atoms with E-state index in [2.05, 4.69) is 10.0 Å². The van der Waals surface area contributed by atoms with E-state index in [0.29, 0.717) is 0 Å². The summed E-state index contributed by atoms with van der Waals surface area (Å²) >= 11 is 0. The zero-order valence-electron chi connectivity index (χ0n) is 12.6. The molecule has 0 saturated heterocycles. The van der Waals surface area contributed by atoms with Gasteiger partial charge in [0.25, 0.3) is 0 Å². The first-order valence-corrected chi connectivity index (χ1v) is 8.33.